The van der Waals surface area contributed by atoms with Crippen LogP contribution in [0.25, 0.3) is 11.4 Å². The lowest BCUT2D eigenvalue weighted by molar-refractivity contribution is 0.341. The summed E-state index contributed by atoms with van der Waals surface area (Å²) in [5, 5.41) is 9.59. The fraction of sp³-hybridized carbons (Fsp3) is 0.238. The van der Waals surface area contributed by atoms with Gasteiger partial charge in [-0.1, -0.05) is 36.0 Å². The lowest BCUT2D eigenvalue weighted by atomic mass is 10.2. The van der Waals surface area contributed by atoms with Gasteiger partial charge in [-0.15, -0.1) is 16.8 Å². The van der Waals surface area contributed by atoms with Crippen LogP contribution in [0.15, 0.2) is 66.3 Å². The van der Waals surface area contributed by atoms with Crippen LogP contribution in [0.4, 0.5) is 0 Å². The highest BCUT2D eigenvalue weighted by atomic mass is 32.2. The minimum atomic E-state index is 0.605. The van der Waals surface area contributed by atoms with E-state index in [1.165, 1.54) is 0 Å². The molecule has 0 aliphatic carbocycles. The number of rotatable bonds is 9. The van der Waals surface area contributed by atoms with Gasteiger partial charge < -0.3 is 9.47 Å². The number of ether oxygens (including phenoxy) is 2. The molecule has 0 radical (unpaired) electrons. The lowest BCUT2D eigenvalue weighted by Gasteiger charge is -2.10. The fourth-order valence-corrected chi connectivity index (χ4v) is 3.41. The van der Waals surface area contributed by atoms with Crippen molar-refractivity contribution < 1.29 is 9.47 Å². The molecule has 0 aliphatic heterocycles. The van der Waals surface area contributed by atoms with E-state index in [1.807, 2.05) is 61.5 Å². The Kier molecular flexibility index (Phi) is 6.54. The molecule has 140 valence electrons. The summed E-state index contributed by atoms with van der Waals surface area (Å²) in [6, 6.07) is 15.8. The van der Waals surface area contributed by atoms with Gasteiger partial charge in [-0.25, -0.2) is 0 Å². The number of thioether (sulfide) groups is 1. The Bertz CT molecular complexity index is 891. The van der Waals surface area contributed by atoms with E-state index in [4.69, 9.17) is 9.47 Å². The van der Waals surface area contributed by atoms with Crippen LogP contribution in [0, 0.1) is 6.92 Å². The molecule has 0 saturated carbocycles. The molecule has 0 atom stereocenters. The molecule has 0 N–H and O–H groups in total. The maximum Gasteiger partial charge on any atom is 0.191 e. The van der Waals surface area contributed by atoms with Crippen LogP contribution in [-0.2, 0) is 6.54 Å². The van der Waals surface area contributed by atoms with Crippen LogP contribution >= 0.6 is 11.8 Å². The van der Waals surface area contributed by atoms with Crippen LogP contribution < -0.4 is 9.47 Å². The lowest BCUT2D eigenvalue weighted by Crippen LogP contribution is -2.04. The molecule has 0 aliphatic rings. The summed E-state index contributed by atoms with van der Waals surface area (Å²) in [6.07, 6.45) is 1.85. The molecule has 0 amide bonds. The number of aryl methyl sites for hydroxylation is 1. The number of methoxy groups -OCH3 is 1. The van der Waals surface area contributed by atoms with Gasteiger partial charge in [0.2, 0.25) is 0 Å². The first kappa shape index (κ1) is 19.0. The molecule has 5 nitrogen and oxygen atoms in total. The number of benzene rings is 2. The van der Waals surface area contributed by atoms with Crippen LogP contribution in [0.1, 0.15) is 5.56 Å². The van der Waals surface area contributed by atoms with Crippen molar-refractivity contribution in [3.63, 3.8) is 0 Å². The van der Waals surface area contributed by atoms with Gasteiger partial charge >= 0.3 is 0 Å². The minimum Gasteiger partial charge on any atom is -0.497 e. The van der Waals surface area contributed by atoms with E-state index in [0.29, 0.717) is 13.2 Å². The maximum absolute atomic E-state index is 5.86. The summed E-state index contributed by atoms with van der Waals surface area (Å²) in [5.41, 5.74) is 2.13. The Balaban J connectivity index is 1.67. The Labute approximate surface area is 164 Å². The largest absolute Gasteiger partial charge is 0.497 e. The van der Waals surface area contributed by atoms with Crippen molar-refractivity contribution in [3.05, 3.63) is 66.7 Å². The molecule has 3 aromatic rings. The van der Waals surface area contributed by atoms with E-state index < -0.39 is 0 Å². The highest BCUT2D eigenvalue weighted by molar-refractivity contribution is 7.99. The first-order valence-corrected chi connectivity index (χ1v) is 9.71. The highest BCUT2D eigenvalue weighted by Crippen LogP contribution is 2.26. The van der Waals surface area contributed by atoms with Gasteiger partial charge in [0.05, 0.1) is 13.7 Å². The predicted molar refractivity (Wildman–Crippen MR) is 110 cm³/mol. The number of hydrogen-bond donors (Lipinski definition) is 0. The maximum atomic E-state index is 5.86. The standard InChI is InChI=1S/C21H23N3O2S/c1-4-13-24-20(17-9-11-18(25-3)12-10-17)22-23-21(24)27-15-14-26-19-8-6-5-7-16(19)2/h4-12H,1,13-15H2,2-3H3. The summed E-state index contributed by atoms with van der Waals surface area (Å²) in [6.45, 7) is 7.15. The number of allylic oxidation sites excluding steroid dienone is 1. The summed E-state index contributed by atoms with van der Waals surface area (Å²) in [4.78, 5) is 0. The van der Waals surface area contributed by atoms with E-state index in [1.54, 1.807) is 18.9 Å². The molecule has 1 aromatic heterocycles. The summed E-state index contributed by atoms with van der Waals surface area (Å²) < 4.78 is 13.1. The quantitative estimate of drug-likeness (QED) is 0.307. The van der Waals surface area contributed by atoms with E-state index >= 15 is 0 Å². The van der Waals surface area contributed by atoms with E-state index in [-0.39, 0.29) is 0 Å². The zero-order valence-electron chi connectivity index (χ0n) is 15.6. The van der Waals surface area contributed by atoms with E-state index in [9.17, 15) is 0 Å². The first-order chi connectivity index (χ1) is 13.2. The topological polar surface area (TPSA) is 49.2 Å². The zero-order chi connectivity index (χ0) is 19.1. The van der Waals surface area contributed by atoms with Gasteiger partial charge in [0.15, 0.2) is 11.0 Å². The molecular formula is C21H23N3O2S. The first-order valence-electron chi connectivity index (χ1n) is 8.72. The van der Waals surface area contributed by atoms with Gasteiger partial charge in [-0.2, -0.15) is 0 Å². The van der Waals surface area contributed by atoms with Gasteiger partial charge in [0.1, 0.15) is 11.5 Å². The SMILES string of the molecule is C=CCn1c(SCCOc2ccccc2C)nnc1-c1ccc(OC)cc1. The molecular weight excluding hydrogens is 358 g/mol. The smallest absolute Gasteiger partial charge is 0.191 e. The fourth-order valence-electron chi connectivity index (χ4n) is 2.65. The normalized spacial score (nSPS) is 10.6. The van der Waals surface area contributed by atoms with Crippen molar-refractivity contribution in [3.8, 4) is 22.9 Å². The van der Waals surface area contributed by atoms with Gasteiger partial charge in [0.25, 0.3) is 0 Å². The summed E-state index contributed by atoms with van der Waals surface area (Å²) >= 11 is 1.63. The van der Waals surface area contributed by atoms with Crippen LogP contribution in [0.2, 0.25) is 0 Å². The van der Waals surface area contributed by atoms with Crippen molar-refractivity contribution in [2.75, 3.05) is 19.5 Å². The van der Waals surface area contributed by atoms with Crippen molar-refractivity contribution in [2.45, 2.75) is 18.6 Å². The summed E-state index contributed by atoms with van der Waals surface area (Å²) in [5.74, 6) is 3.34. The second-order valence-corrected chi connectivity index (χ2v) is 6.96. The van der Waals surface area contributed by atoms with Gasteiger partial charge in [0, 0.05) is 17.9 Å². The molecule has 0 bridgehead atoms. The Morgan fingerprint density at radius 2 is 1.89 bits per heavy atom. The zero-order valence-corrected chi connectivity index (χ0v) is 16.4. The number of para-hydroxylation sites is 1. The van der Waals surface area contributed by atoms with Gasteiger partial charge in [-0.3, -0.25) is 4.57 Å². The number of nitrogens with zero attached hydrogens (tertiary/aromatic N) is 3. The summed E-state index contributed by atoms with van der Waals surface area (Å²) in [7, 11) is 1.66. The second kappa shape index (κ2) is 9.28. The highest BCUT2D eigenvalue weighted by Gasteiger charge is 2.13. The molecule has 0 saturated heterocycles. The third kappa shape index (κ3) is 4.71. The average Bonchev–Trinajstić information content (AvgIpc) is 3.09. The molecule has 1 heterocycles. The number of hydrogen-bond acceptors (Lipinski definition) is 5. The van der Waals surface area contributed by atoms with Crippen molar-refractivity contribution in [1.29, 1.82) is 0 Å². The molecule has 0 fully saturated rings. The molecule has 6 heteroatoms. The second-order valence-electron chi connectivity index (χ2n) is 5.90. The van der Waals surface area contributed by atoms with Crippen LogP contribution in [0.5, 0.6) is 11.5 Å². The van der Waals surface area contributed by atoms with Crippen molar-refractivity contribution in [2.24, 2.45) is 0 Å². The van der Waals surface area contributed by atoms with Gasteiger partial charge in [-0.05, 0) is 42.8 Å². The molecule has 3 rings (SSSR count). The van der Waals surface area contributed by atoms with Crippen LogP contribution in [0.3, 0.4) is 0 Å². The average molecular weight is 382 g/mol. The Morgan fingerprint density at radius 3 is 2.59 bits per heavy atom. The van der Waals surface area contributed by atoms with Crippen molar-refractivity contribution >= 4 is 11.8 Å². The predicted octanol–water partition coefficient (Wildman–Crippen LogP) is 4.62. The molecule has 0 spiro atoms. The Morgan fingerprint density at radius 1 is 1.11 bits per heavy atom. The number of aromatic nitrogens is 3. The van der Waals surface area contributed by atoms with E-state index in [0.717, 1.165) is 39.4 Å². The monoisotopic (exact) mass is 381 g/mol. The molecule has 2 aromatic carbocycles. The molecule has 27 heavy (non-hydrogen) atoms. The third-order valence-electron chi connectivity index (χ3n) is 4.04. The third-order valence-corrected chi connectivity index (χ3v) is 4.97. The Hall–Kier alpha value is -2.73. The minimum absolute atomic E-state index is 0.605. The van der Waals surface area contributed by atoms with E-state index in [2.05, 4.69) is 21.3 Å². The van der Waals surface area contributed by atoms with Crippen LogP contribution in [-0.4, -0.2) is 34.2 Å². The van der Waals surface area contributed by atoms with Crippen molar-refractivity contribution in [1.82, 2.24) is 14.8 Å². The molecule has 0 unspecified atom stereocenters.